The number of para-hydroxylation sites is 1. The Labute approximate surface area is 123 Å². The minimum atomic E-state index is -0.845. The first-order chi connectivity index (χ1) is 10.2. The lowest BCUT2D eigenvalue weighted by Crippen LogP contribution is -2.24. The van der Waals surface area contributed by atoms with Crippen molar-refractivity contribution in [1.29, 1.82) is 0 Å². The van der Waals surface area contributed by atoms with E-state index in [4.69, 9.17) is 14.6 Å². The second kappa shape index (κ2) is 5.48. The SMILES string of the molecule is COC1=CC2Oc3ccccc3C(CC(=O)O)=CC2C=C1. The van der Waals surface area contributed by atoms with E-state index < -0.39 is 5.97 Å². The van der Waals surface area contributed by atoms with Crippen LogP contribution in [0, 0.1) is 5.92 Å². The molecule has 1 aromatic rings. The maximum Gasteiger partial charge on any atom is 0.307 e. The highest BCUT2D eigenvalue weighted by atomic mass is 16.5. The van der Waals surface area contributed by atoms with Gasteiger partial charge in [-0.2, -0.15) is 0 Å². The highest BCUT2D eigenvalue weighted by Gasteiger charge is 2.27. The van der Waals surface area contributed by atoms with Crippen LogP contribution in [0.1, 0.15) is 12.0 Å². The molecule has 1 heterocycles. The molecule has 0 spiro atoms. The molecule has 0 amide bonds. The van der Waals surface area contributed by atoms with Crippen LogP contribution in [0.4, 0.5) is 0 Å². The summed E-state index contributed by atoms with van der Waals surface area (Å²) in [6, 6.07) is 7.54. The molecule has 4 nitrogen and oxygen atoms in total. The van der Waals surface area contributed by atoms with Crippen LogP contribution in [0.5, 0.6) is 5.75 Å². The van der Waals surface area contributed by atoms with E-state index in [1.54, 1.807) is 7.11 Å². The molecule has 1 N–H and O–H groups in total. The van der Waals surface area contributed by atoms with Crippen molar-refractivity contribution >= 4 is 11.5 Å². The van der Waals surface area contributed by atoms with Crippen molar-refractivity contribution in [3.8, 4) is 5.75 Å². The molecule has 108 valence electrons. The summed E-state index contributed by atoms with van der Waals surface area (Å²) in [5.41, 5.74) is 1.62. The fourth-order valence-electron chi connectivity index (χ4n) is 2.66. The fraction of sp³-hybridized carbons (Fsp3) is 0.235. The number of ether oxygens (including phenoxy) is 2. The Bertz CT molecular complexity index is 655. The minimum absolute atomic E-state index is 0.00523. The van der Waals surface area contributed by atoms with Crippen LogP contribution in [0.25, 0.3) is 5.57 Å². The van der Waals surface area contributed by atoms with Crippen molar-refractivity contribution in [2.45, 2.75) is 12.5 Å². The molecular formula is C17H16O4. The van der Waals surface area contributed by atoms with E-state index in [0.29, 0.717) is 5.75 Å². The van der Waals surface area contributed by atoms with Gasteiger partial charge < -0.3 is 14.6 Å². The van der Waals surface area contributed by atoms with E-state index in [1.807, 2.05) is 48.6 Å². The van der Waals surface area contributed by atoms with Gasteiger partial charge in [-0.15, -0.1) is 0 Å². The summed E-state index contributed by atoms with van der Waals surface area (Å²) in [5, 5.41) is 9.13. The van der Waals surface area contributed by atoms with Crippen LogP contribution in [0.2, 0.25) is 0 Å². The van der Waals surface area contributed by atoms with Gasteiger partial charge in [0.2, 0.25) is 0 Å². The van der Waals surface area contributed by atoms with Crippen LogP contribution in [0.3, 0.4) is 0 Å². The monoisotopic (exact) mass is 284 g/mol. The third-order valence-electron chi connectivity index (χ3n) is 3.66. The molecule has 2 aliphatic rings. The van der Waals surface area contributed by atoms with Crippen molar-refractivity contribution in [2.75, 3.05) is 7.11 Å². The number of aliphatic carboxylic acids is 1. The molecule has 0 aromatic heterocycles. The molecule has 0 fully saturated rings. The van der Waals surface area contributed by atoms with Crippen LogP contribution < -0.4 is 4.74 Å². The van der Waals surface area contributed by atoms with Crippen LogP contribution in [-0.2, 0) is 9.53 Å². The summed E-state index contributed by atoms with van der Waals surface area (Å²) in [6.07, 6.45) is 7.56. The Morgan fingerprint density at radius 3 is 2.90 bits per heavy atom. The summed E-state index contributed by atoms with van der Waals surface area (Å²) in [5.74, 6) is 0.622. The number of carboxylic acids is 1. The first-order valence-corrected chi connectivity index (χ1v) is 6.80. The normalized spacial score (nSPS) is 22.9. The molecule has 0 radical (unpaired) electrons. The largest absolute Gasteiger partial charge is 0.497 e. The molecule has 4 heteroatoms. The number of hydrogen-bond acceptors (Lipinski definition) is 3. The maximum atomic E-state index is 11.1. The average Bonchev–Trinajstić information content (AvgIpc) is 2.62. The number of allylic oxidation sites excluding steroid dienone is 1. The molecule has 1 aliphatic carbocycles. The summed E-state index contributed by atoms with van der Waals surface area (Å²) < 4.78 is 11.3. The number of benzene rings is 1. The lowest BCUT2D eigenvalue weighted by molar-refractivity contribution is -0.135. The van der Waals surface area contributed by atoms with Gasteiger partial charge in [-0.1, -0.05) is 30.4 Å². The predicted octanol–water partition coefficient (Wildman–Crippen LogP) is 3.02. The van der Waals surface area contributed by atoms with Gasteiger partial charge in [-0.05, 0) is 23.8 Å². The smallest absolute Gasteiger partial charge is 0.307 e. The zero-order valence-corrected chi connectivity index (χ0v) is 11.7. The van der Waals surface area contributed by atoms with Crippen molar-refractivity contribution < 1.29 is 19.4 Å². The van der Waals surface area contributed by atoms with Gasteiger partial charge in [0, 0.05) is 11.5 Å². The number of hydrogen-bond donors (Lipinski definition) is 1. The lowest BCUT2D eigenvalue weighted by Gasteiger charge is -2.23. The van der Waals surface area contributed by atoms with Gasteiger partial charge in [0.1, 0.15) is 17.6 Å². The van der Waals surface area contributed by atoms with E-state index in [0.717, 1.165) is 16.9 Å². The topological polar surface area (TPSA) is 55.8 Å². The highest BCUT2D eigenvalue weighted by Crippen LogP contribution is 2.36. The van der Waals surface area contributed by atoms with Crippen LogP contribution in [-0.4, -0.2) is 24.3 Å². The van der Waals surface area contributed by atoms with E-state index >= 15 is 0 Å². The van der Waals surface area contributed by atoms with Crippen molar-refractivity contribution in [2.24, 2.45) is 5.92 Å². The second-order valence-corrected chi connectivity index (χ2v) is 5.05. The number of carbonyl (C=O) groups is 1. The van der Waals surface area contributed by atoms with Gasteiger partial charge in [-0.3, -0.25) is 4.79 Å². The number of rotatable bonds is 3. The molecule has 21 heavy (non-hydrogen) atoms. The van der Waals surface area contributed by atoms with Crippen LogP contribution in [0.15, 0.2) is 54.3 Å². The zero-order chi connectivity index (χ0) is 14.8. The predicted molar refractivity (Wildman–Crippen MR) is 78.8 cm³/mol. The summed E-state index contributed by atoms with van der Waals surface area (Å²) in [4.78, 5) is 11.1. The van der Waals surface area contributed by atoms with E-state index in [1.165, 1.54) is 0 Å². The van der Waals surface area contributed by atoms with E-state index in [9.17, 15) is 4.79 Å². The Balaban J connectivity index is 2.05. The van der Waals surface area contributed by atoms with Crippen molar-refractivity contribution in [3.63, 3.8) is 0 Å². The van der Waals surface area contributed by atoms with Gasteiger partial charge >= 0.3 is 5.97 Å². The van der Waals surface area contributed by atoms with Gasteiger partial charge in [-0.25, -0.2) is 0 Å². The fourth-order valence-corrected chi connectivity index (χ4v) is 2.66. The highest BCUT2D eigenvalue weighted by molar-refractivity contribution is 5.86. The number of methoxy groups -OCH3 is 1. The Kier molecular flexibility index (Phi) is 3.52. The van der Waals surface area contributed by atoms with Gasteiger partial charge in [0.25, 0.3) is 0 Å². The minimum Gasteiger partial charge on any atom is -0.497 e. The molecule has 2 atom stereocenters. The third kappa shape index (κ3) is 2.70. The summed E-state index contributed by atoms with van der Waals surface area (Å²) in [6.45, 7) is 0. The van der Waals surface area contributed by atoms with E-state index in [-0.39, 0.29) is 18.4 Å². The molecule has 0 bridgehead atoms. The van der Waals surface area contributed by atoms with E-state index in [2.05, 4.69) is 0 Å². The average molecular weight is 284 g/mol. The molecular weight excluding hydrogens is 268 g/mol. The first kappa shape index (κ1) is 13.5. The molecule has 0 saturated heterocycles. The molecule has 1 aliphatic heterocycles. The second-order valence-electron chi connectivity index (χ2n) is 5.05. The Morgan fingerprint density at radius 1 is 1.33 bits per heavy atom. The van der Waals surface area contributed by atoms with Crippen molar-refractivity contribution in [3.05, 3.63) is 59.9 Å². The standard InChI is InChI=1S/C17H16O4/c1-20-13-7-6-11-8-12(9-17(18)19)14-4-2-3-5-15(14)21-16(11)10-13/h2-8,10-11,16H,9H2,1H3,(H,18,19). The summed E-state index contributed by atoms with van der Waals surface area (Å²) >= 11 is 0. The molecule has 1 aromatic carbocycles. The molecule has 0 saturated carbocycles. The Morgan fingerprint density at radius 2 is 2.14 bits per heavy atom. The van der Waals surface area contributed by atoms with Crippen LogP contribution >= 0.6 is 0 Å². The zero-order valence-electron chi connectivity index (χ0n) is 11.7. The lowest BCUT2D eigenvalue weighted by atomic mass is 9.92. The maximum absolute atomic E-state index is 11.1. The van der Waals surface area contributed by atoms with Crippen molar-refractivity contribution in [1.82, 2.24) is 0 Å². The third-order valence-corrected chi connectivity index (χ3v) is 3.66. The molecule has 2 unspecified atom stereocenters. The first-order valence-electron chi connectivity index (χ1n) is 6.80. The molecule has 3 rings (SSSR count). The quantitative estimate of drug-likeness (QED) is 0.927. The number of fused-ring (bicyclic) bond motifs is 2. The number of carboxylic acid groups (broad SMARTS) is 1. The van der Waals surface area contributed by atoms with Gasteiger partial charge in [0.15, 0.2) is 0 Å². The van der Waals surface area contributed by atoms with Gasteiger partial charge in [0.05, 0.1) is 13.5 Å². The Hall–Kier alpha value is -2.49. The summed E-state index contributed by atoms with van der Waals surface area (Å²) in [7, 11) is 1.62.